The number of benzene rings is 2. The number of ketones is 1. The summed E-state index contributed by atoms with van der Waals surface area (Å²) in [7, 11) is 0. The maximum absolute atomic E-state index is 13.6. The summed E-state index contributed by atoms with van der Waals surface area (Å²) in [4.78, 5) is 111. The molecule has 0 spiro atoms. The minimum Gasteiger partial charge on any atom is -0.325 e. The quantitative estimate of drug-likeness (QED) is 0.127. The van der Waals surface area contributed by atoms with Crippen LogP contribution in [0.3, 0.4) is 0 Å². The lowest BCUT2D eigenvalue weighted by atomic mass is 9.99. The molecular weight excluding hydrogens is 694 g/mol. The van der Waals surface area contributed by atoms with Gasteiger partial charge in [0.15, 0.2) is 0 Å². The number of hydrogen-bond acceptors (Lipinski definition) is 10. The molecular formula is C39H43N7O8. The second-order valence-electron chi connectivity index (χ2n) is 14.0. The number of nitrogens with zero attached hydrogens (tertiary/aromatic N) is 4. The Bertz CT molecular complexity index is 2150. The van der Waals surface area contributed by atoms with Gasteiger partial charge in [0, 0.05) is 32.1 Å². The van der Waals surface area contributed by atoms with Crippen LogP contribution in [0.25, 0.3) is 21.8 Å². The Hall–Kier alpha value is -5.86. The Morgan fingerprint density at radius 3 is 1.76 bits per heavy atom. The van der Waals surface area contributed by atoms with Gasteiger partial charge in [-0.15, -0.1) is 0 Å². The maximum Gasteiger partial charge on any atom is 0.264 e. The van der Waals surface area contributed by atoms with Crippen LogP contribution < -0.4 is 27.1 Å². The van der Waals surface area contributed by atoms with E-state index in [1.165, 1.54) is 9.13 Å². The van der Waals surface area contributed by atoms with E-state index >= 15 is 0 Å². The van der Waals surface area contributed by atoms with Gasteiger partial charge in [0.1, 0.15) is 29.5 Å². The third-order valence-electron chi connectivity index (χ3n) is 10.1. The summed E-state index contributed by atoms with van der Waals surface area (Å²) in [5.41, 5.74) is 0.867. The zero-order chi connectivity index (χ0) is 38.5. The zero-order valence-corrected chi connectivity index (χ0v) is 30.4. The molecule has 4 aromatic rings. The van der Waals surface area contributed by atoms with Gasteiger partial charge in [0.05, 0.1) is 27.5 Å². The van der Waals surface area contributed by atoms with E-state index in [2.05, 4.69) is 25.9 Å². The number of Topliss-reactive ketones (excluding diaryl/α,β-unsaturated/α-hetero) is 1. The molecule has 2 aromatic carbocycles. The molecule has 6 rings (SSSR count). The molecule has 282 valence electrons. The number of anilines is 1. The van der Waals surface area contributed by atoms with Gasteiger partial charge < -0.3 is 5.32 Å². The van der Waals surface area contributed by atoms with Crippen molar-refractivity contribution in [1.29, 1.82) is 0 Å². The highest BCUT2D eigenvalue weighted by atomic mass is 16.2. The van der Waals surface area contributed by atoms with Gasteiger partial charge in [-0.2, -0.15) is 0 Å². The fraction of sp³-hybridized carbons (Fsp3) is 0.436. The van der Waals surface area contributed by atoms with Crippen molar-refractivity contribution < 1.29 is 28.8 Å². The van der Waals surface area contributed by atoms with Crippen molar-refractivity contribution in [3.8, 4) is 0 Å². The van der Waals surface area contributed by atoms with Crippen molar-refractivity contribution >= 4 is 62.8 Å². The summed E-state index contributed by atoms with van der Waals surface area (Å²) in [5.74, 6) is -1.40. The molecule has 2 fully saturated rings. The van der Waals surface area contributed by atoms with Crippen molar-refractivity contribution in [2.24, 2.45) is 0 Å². The molecule has 0 aliphatic carbocycles. The minimum absolute atomic E-state index is 0.00522. The summed E-state index contributed by atoms with van der Waals surface area (Å²) >= 11 is 0. The Morgan fingerprint density at radius 2 is 1.19 bits per heavy atom. The van der Waals surface area contributed by atoms with Crippen LogP contribution in [0.4, 0.5) is 5.69 Å². The number of hydrogen-bond donors (Lipinski definition) is 3. The first-order chi connectivity index (χ1) is 25.9. The third-order valence-corrected chi connectivity index (χ3v) is 10.1. The van der Waals surface area contributed by atoms with Crippen LogP contribution in [0.1, 0.15) is 106 Å². The first-order valence-corrected chi connectivity index (χ1v) is 18.4. The molecule has 5 amide bonds. The molecule has 0 saturated carbocycles. The van der Waals surface area contributed by atoms with Crippen LogP contribution >= 0.6 is 0 Å². The maximum atomic E-state index is 13.6. The van der Waals surface area contributed by atoms with Crippen molar-refractivity contribution in [1.82, 2.24) is 29.7 Å². The highest BCUT2D eigenvalue weighted by Crippen LogP contribution is 2.25. The van der Waals surface area contributed by atoms with Crippen LogP contribution in [0.15, 0.2) is 46.0 Å². The first kappa shape index (κ1) is 37.9. The summed E-state index contributed by atoms with van der Waals surface area (Å²) in [6.07, 6.45) is 6.03. The number of nitrogens with one attached hydrogen (secondary N) is 3. The predicted octanol–water partition coefficient (Wildman–Crippen LogP) is 3.55. The van der Waals surface area contributed by atoms with E-state index in [0.29, 0.717) is 58.6 Å². The summed E-state index contributed by atoms with van der Waals surface area (Å²) in [6.45, 7) is 3.28. The number of aromatic nitrogens is 4. The van der Waals surface area contributed by atoms with Crippen molar-refractivity contribution in [2.45, 2.75) is 109 Å². The molecule has 0 bridgehead atoms. The van der Waals surface area contributed by atoms with E-state index < -0.39 is 35.0 Å². The summed E-state index contributed by atoms with van der Waals surface area (Å²) < 4.78 is 2.62. The standard InChI is InChI=1S/C39H43N7O8/c1-22-40-26-13-9-11-24(34(26)38(53)45(22)29-17-19-32(49)43-36(29)51)21-25(47)12-7-5-3-4-6-8-16-31(48)42-28-15-10-14-27-35(28)39(54)46(23(2)41-27)30-18-20-33(50)44-37(30)52/h9-11,13-15,29-30H,3-8,12,16-21H2,1-2H3,(H,42,48)(H,43,49,51)(H,44,50,52). The highest BCUT2D eigenvalue weighted by Gasteiger charge is 2.32. The molecule has 2 aliphatic rings. The highest BCUT2D eigenvalue weighted by molar-refractivity contribution is 6.02. The number of carbonyl (C=O) groups excluding carboxylic acids is 6. The number of rotatable bonds is 14. The van der Waals surface area contributed by atoms with Gasteiger partial charge in [0.25, 0.3) is 11.1 Å². The van der Waals surface area contributed by atoms with Gasteiger partial charge >= 0.3 is 0 Å². The van der Waals surface area contributed by atoms with Gasteiger partial charge in [-0.3, -0.25) is 58.1 Å². The Balaban J connectivity index is 0.961. The van der Waals surface area contributed by atoms with Gasteiger partial charge in [0.2, 0.25) is 29.5 Å². The molecule has 2 unspecified atom stereocenters. The Labute approximate surface area is 309 Å². The number of imide groups is 2. The van der Waals surface area contributed by atoms with Gasteiger partial charge in [-0.05, 0) is 63.3 Å². The molecule has 3 N–H and O–H groups in total. The minimum atomic E-state index is -0.867. The molecule has 54 heavy (non-hydrogen) atoms. The van der Waals surface area contributed by atoms with Crippen LogP contribution in [0.2, 0.25) is 0 Å². The van der Waals surface area contributed by atoms with Gasteiger partial charge in [-0.25, -0.2) is 9.97 Å². The normalized spacial score (nSPS) is 17.4. The smallest absolute Gasteiger partial charge is 0.264 e. The molecule has 15 heteroatoms. The fourth-order valence-electron chi connectivity index (χ4n) is 7.45. The largest absolute Gasteiger partial charge is 0.325 e. The van der Waals surface area contributed by atoms with E-state index in [1.54, 1.807) is 50.2 Å². The number of piperidine rings is 2. The summed E-state index contributed by atoms with van der Waals surface area (Å²) in [6, 6.07) is 8.49. The van der Waals surface area contributed by atoms with E-state index in [4.69, 9.17) is 0 Å². The second kappa shape index (κ2) is 16.4. The Morgan fingerprint density at radius 1 is 0.685 bits per heavy atom. The lowest BCUT2D eigenvalue weighted by Crippen LogP contribution is -2.45. The topological polar surface area (TPSA) is 208 Å². The number of carbonyl (C=O) groups is 6. The van der Waals surface area contributed by atoms with E-state index in [1.807, 2.05) is 0 Å². The molecule has 2 aliphatic heterocycles. The molecule has 2 saturated heterocycles. The van der Waals surface area contributed by atoms with Crippen molar-refractivity contribution in [3.05, 3.63) is 74.3 Å². The Kier molecular flexibility index (Phi) is 11.5. The van der Waals surface area contributed by atoms with Gasteiger partial charge in [-0.1, -0.05) is 43.9 Å². The van der Waals surface area contributed by atoms with Crippen LogP contribution in [0.5, 0.6) is 0 Å². The molecule has 4 heterocycles. The molecule has 0 radical (unpaired) electrons. The number of unbranched alkanes of at least 4 members (excludes halogenated alkanes) is 5. The van der Waals surface area contributed by atoms with E-state index in [-0.39, 0.29) is 67.4 Å². The van der Waals surface area contributed by atoms with Crippen LogP contribution in [0, 0.1) is 13.8 Å². The SMILES string of the molecule is Cc1nc2cccc(CC(=O)CCCCCCCCC(=O)Nc3cccc4nc(C)n(C5CCC(=O)NC5=O)c(=O)c34)c2c(=O)n1C1CCC(=O)NC1=O. The average Bonchev–Trinajstić information content (AvgIpc) is 3.11. The van der Waals surface area contributed by atoms with E-state index in [9.17, 15) is 38.4 Å². The van der Waals surface area contributed by atoms with Crippen LogP contribution in [-0.4, -0.2) is 54.4 Å². The number of amides is 5. The lowest BCUT2D eigenvalue weighted by molar-refractivity contribution is -0.137. The molecule has 2 atom stereocenters. The first-order valence-electron chi connectivity index (χ1n) is 18.4. The number of fused-ring (bicyclic) bond motifs is 2. The zero-order valence-electron chi connectivity index (χ0n) is 30.4. The monoisotopic (exact) mass is 737 g/mol. The van der Waals surface area contributed by atoms with E-state index in [0.717, 1.165) is 25.7 Å². The second-order valence-corrected chi connectivity index (χ2v) is 14.0. The van der Waals surface area contributed by atoms with Crippen molar-refractivity contribution in [3.63, 3.8) is 0 Å². The predicted molar refractivity (Wildman–Crippen MR) is 199 cm³/mol. The van der Waals surface area contributed by atoms with Crippen LogP contribution in [-0.2, 0) is 35.2 Å². The molecule has 15 nitrogen and oxygen atoms in total. The third kappa shape index (κ3) is 8.19. The fourth-order valence-corrected chi connectivity index (χ4v) is 7.45. The average molecular weight is 738 g/mol. The molecule has 2 aromatic heterocycles. The lowest BCUT2D eigenvalue weighted by Gasteiger charge is -2.24. The summed E-state index contributed by atoms with van der Waals surface area (Å²) in [5, 5.41) is 7.91. The van der Waals surface area contributed by atoms with Crippen molar-refractivity contribution in [2.75, 3.05) is 5.32 Å². The number of aryl methyl sites for hydroxylation is 2.